The maximum absolute atomic E-state index is 12.4. The first-order chi connectivity index (χ1) is 23.6. The van der Waals surface area contributed by atoms with Crippen molar-refractivity contribution in [3.8, 4) is 0 Å². The Labute approximate surface area is 301 Å². The van der Waals surface area contributed by atoms with Crippen molar-refractivity contribution in [2.45, 2.75) is 77.3 Å². The molecule has 0 heterocycles. The summed E-state index contributed by atoms with van der Waals surface area (Å²) in [5.41, 5.74) is 1.46. The SMILES string of the molecule is CC(=O)N(CCCCN(CC(P(=O)(O)O)P(=O)(O)O)C(C)=O)Cc1cccc(CN(CCCCN(CC(P(=O)(O)O)P(=O)(O)O)C(C)=O)C(C)=O)c1. The summed E-state index contributed by atoms with van der Waals surface area (Å²) in [6.45, 7) is 3.92. The van der Waals surface area contributed by atoms with E-state index in [1.54, 1.807) is 24.3 Å². The third-order valence-corrected chi connectivity index (χ3v) is 15.4. The van der Waals surface area contributed by atoms with E-state index >= 15 is 0 Å². The highest BCUT2D eigenvalue weighted by Crippen LogP contribution is 2.60. The second-order valence-corrected chi connectivity index (χ2v) is 20.4. The van der Waals surface area contributed by atoms with Crippen LogP contribution in [0.2, 0.25) is 0 Å². The van der Waals surface area contributed by atoms with Gasteiger partial charge in [0.1, 0.15) is 0 Å². The lowest BCUT2D eigenvalue weighted by Crippen LogP contribution is -2.37. The van der Waals surface area contributed by atoms with Gasteiger partial charge in [-0.25, -0.2) is 0 Å². The van der Waals surface area contributed by atoms with Crippen LogP contribution in [0.1, 0.15) is 64.5 Å². The van der Waals surface area contributed by atoms with Crippen molar-refractivity contribution in [3.05, 3.63) is 35.4 Å². The molecule has 1 aromatic carbocycles. The molecule has 1 rings (SSSR count). The number of amides is 4. The molecule has 0 spiro atoms. The van der Waals surface area contributed by atoms with Gasteiger partial charge in [-0.3, -0.25) is 37.4 Å². The fourth-order valence-electron chi connectivity index (χ4n) is 5.14. The molecule has 0 atom stereocenters. The van der Waals surface area contributed by atoms with E-state index in [4.69, 9.17) is 0 Å². The molecular formula is C28H50N4O16P4. The van der Waals surface area contributed by atoms with Crippen LogP contribution in [0.25, 0.3) is 0 Å². The van der Waals surface area contributed by atoms with Crippen LogP contribution in [0, 0.1) is 0 Å². The Balaban J connectivity index is 2.84. The Morgan fingerprint density at radius 1 is 0.500 bits per heavy atom. The Bertz CT molecular complexity index is 1430. The summed E-state index contributed by atoms with van der Waals surface area (Å²) >= 11 is 0. The molecule has 0 aliphatic heterocycles. The van der Waals surface area contributed by atoms with E-state index in [1.807, 2.05) is 0 Å². The van der Waals surface area contributed by atoms with E-state index in [1.165, 1.54) is 23.6 Å². The monoisotopic (exact) mass is 822 g/mol. The zero-order valence-corrected chi connectivity index (χ0v) is 32.9. The normalized spacial score (nSPS) is 12.6. The summed E-state index contributed by atoms with van der Waals surface area (Å²) in [5, 5.41) is -4.72. The van der Waals surface area contributed by atoms with Crippen molar-refractivity contribution < 1.29 is 76.6 Å². The summed E-state index contributed by atoms with van der Waals surface area (Å²) in [6.07, 6.45) is 1.20. The number of carbonyl (C=O) groups is 4. The summed E-state index contributed by atoms with van der Waals surface area (Å²) in [6, 6.07) is 7.10. The maximum Gasteiger partial charge on any atom is 0.342 e. The van der Waals surface area contributed by atoms with Crippen LogP contribution in [0.3, 0.4) is 0 Å². The molecule has 20 nitrogen and oxygen atoms in total. The number of rotatable bonds is 22. The van der Waals surface area contributed by atoms with Gasteiger partial charge in [-0.2, -0.15) is 0 Å². The molecule has 0 bridgehead atoms. The van der Waals surface area contributed by atoms with Crippen LogP contribution >= 0.6 is 30.4 Å². The van der Waals surface area contributed by atoms with Crippen molar-refractivity contribution in [3.63, 3.8) is 0 Å². The van der Waals surface area contributed by atoms with E-state index in [2.05, 4.69) is 0 Å². The van der Waals surface area contributed by atoms with Crippen LogP contribution < -0.4 is 0 Å². The molecule has 4 amide bonds. The first-order valence-electron chi connectivity index (χ1n) is 15.9. The molecule has 0 fully saturated rings. The predicted molar refractivity (Wildman–Crippen MR) is 187 cm³/mol. The van der Waals surface area contributed by atoms with Crippen LogP contribution in [0.4, 0.5) is 0 Å². The molecule has 0 saturated heterocycles. The molecule has 0 aliphatic rings. The lowest BCUT2D eigenvalue weighted by molar-refractivity contribution is -0.130. The van der Waals surface area contributed by atoms with Crippen molar-refractivity contribution in [2.24, 2.45) is 0 Å². The van der Waals surface area contributed by atoms with Gasteiger partial charge in [0.05, 0.1) is 0 Å². The fraction of sp³-hybridized carbons (Fsp3) is 0.643. The van der Waals surface area contributed by atoms with Crippen molar-refractivity contribution >= 4 is 54.0 Å². The summed E-state index contributed by atoms with van der Waals surface area (Å²) in [4.78, 5) is 129. The lowest BCUT2D eigenvalue weighted by Gasteiger charge is -2.28. The van der Waals surface area contributed by atoms with Crippen LogP contribution in [0.15, 0.2) is 24.3 Å². The quantitative estimate of drug-likeness (QED) is 0.0598. The Morgan fingerprint density at radius 2 is 0.750 bits per heavy atom. The van der Waals surface area contributed by atoms with Gasteiger partial charge in [0.15, 0.2) is 10.8 Å². The van der Waals surface area contributed by atoms with Crippen molar-refractivity contribution in [2.75, 3.05) is 39.3 Å². The van der Waals surface area contributed by atoms with E-state index < -0.39 is 66.1 Å². The number of hydrogen-bond acceptors (Lipinski definition) is 8. The minimum absolute atomic E-state index is 0.0674. The maximum atomic E-state index is 12.4. The molecule has 8 N–H and O–H groups in total. The van der Waals surface area contributed by atoms with Gasteiger partial charge in [-0.15, -0.1) is 0 Å². The molecule has 52 heavy (non-hydrogen) atoms. The van der Waals surface area contributed by atoms with E-state index in [0.29, 0.717) is 12.8 Å². The number of hydrogen-bond donors (Lipinski definition) is 8. The first kappa shape index (κ1) is 47.7. The van der Waals surface area contributed by atoms with Crippen LogP contribution in [0.5, 0.6) is 0 Å². The van der Waals surface area contributed by atoms with Gasteiger partial charge in [0, 0.05) is 80.1 Å². The van der Waals surface area contributed by atoms with E-state index in [9.17, 15) is 76.6 Å². The van der Waals surface area contributed by atoms with E-state index in [0.717, 1.165) is 34.8 Å². The molecule has 24 heteroatoms. The van der Waals surface area contributed by atoms with Crippen molar-refractivity contribution in [1.82, 2.24) is 19.6 Å². The minimum atomic E-state index is -5.23. The number of unbranched alkanes of at least 4 members (excludes halogenated alkanes) is 2. The summed E-state index contributed by atoms with van der Waals surface area (Å²) in [7, 11) is -20.9. The van der Waals surface area contributed by atoms with Gasteiger partial charge in [0.25, 0.3) is 0 Å². The lowest BCUT2D eigenvalue weighted by atomic mass is 10.1. The highest BCUT2D eigenvalue weighted by molar-refractivity contribution is 7.71. The van der Waals surface area contributed by atoms with Gasteiger partial charge < -0.3 is 58.7 Å². The average Bonchev–Trinajstić information content (AvgIpc) is 2.95. The van der Waals surface area contributed by atoms with Gasteiger partial charge >= 0.3 is 30.4 Å². The summed E-state index contributed by atoms with van der Waals surface area (Å²) < 4.78 is 46.6. The number of nitrogens with zero attached hydrogens (tertiary/aromatic N) is 4. The second-order valence-electron chi connectivity index (χ2n) is 12.4. The molecule has 0 aliphatic carbocycles. The number of carbonyl (C=O) groups excluding carboxylic acids is 4. The second kappa shape index (κ2) is 20.4. The van der Waals surface area contributed by atoms with Gasteiger partial charge in [-0.05, 0) is 36.8 Å². The third kappa shape index (κ3) is 17.2. The van der Waals surface area contributed by atoms with E-state index in [-0.39, 0.29) is 63.9 Å². The zero-order chi connectivity index (χ0) is 40.2. The molecule has 1 aromatic rings. The number of benzene rings is 1. The molecule has 0 saturated carbocycles. The van der Waals surface area contributed by atoms with Crippen molar-refractivity contribution in [1.29, 1.82) is 0 Å². The average molecular weight is 823 g/mol. The highest BCUT2D eigenvalue weighted by atomic mass is 31.2. The molecule has 0 radical (unpaired) electrons. The zero-order valence-electron chi connectivity index (χ0n) is 29.4. The summed E-state index contributed by atoms with van der Waals surface area (Å²) in [5.74, 6) is -1.82. The van der Waals surface area contributed by atoms with Crippen LogP contribution in [-0.4, -0.2) is 132 Å². The van der Waals surface area contributed by atoms with Gasteiger partial charge in [-0.1, -0.05) is 24.3 Å². The smallest absolute Gasteiger partial charge is 0.341 e. The Hall–Kier alpha value is -2.30. The third-order valence-electron chi connectivity index (χ3n) is 8.05. The molecule has 298 valence electrons. The molecule has 0 unspecified atom stereocenters. The minimum Gasteiger partial charge on any atom is -0.341 e. The standard InChI is InChI=1S/C28H50N4O16P4/c1-21(33)29(12-5-7-14-31(23(3)35)19-27(49(37,38)39)50(40,41)42)17-25-10-9-11-26(16-25)18-30(22(2)34)13-6-8-15-32(24(4)36)20-28(51(43,44)45)52(46,47)48/h9-11,16,27-28H,5-8,12-15,17-20H2,1-4H3,(H2,37,38,39)(H2,40,41,42)(H2,43,44,45)(H2,46,47,48). The largest absolute Gasteiger partial charge is 0.342 e. The Morgan fingerprint density at radius 3 is 0.981 bits per heavy atom. The predicted octanol–water partition coefficient (Wildman–Crippen LogP) is 1.00. The van der Waals surface area contributed by atoms with Gasteiger partial charge in [0.2, 0.25) is 23.6 Å². The first-order valence-corrected chi connectivity index (χ1v) is 22.7. The highest BCUT2D eigenvalue weighted by Gasteiger charge is 2.45. The van der Waals surface area contributed by atoms with Crippen LogP contribution in [-0.2, 0) is 50.5 Å². The fourth-order valence-corrected chi connectivity index (χ4v) is 9.91. The Kier molecular flexibility index (Phi) is 18.7. The topological polar surface area (TPSA) is 311 Å². The molecular weight excluding hydrogens is 772 g/mol. The molecule has 0 aromatic heterocycles.